The van der Waals surface area contributed by atoms with Gasteiger partial charge in [-0.15, -0.1) is 0 Å². The average molecular weight is 270 g/mol. The van der Waals surface area contributed by atoms with Crippen molar-refractivity contribution in [1.82, 2.24) is 10.6 Å². The highest BCUT2D eigenvalue weighted by Crippen LogP contribution is 2.25. The molecule has 2 amide bonds. The van der Waals surface area contributed by atoms with Crippen molar-refractivity contribution >= 4 is 12.0 Å². The zero-order valence-electron chi connectivity index (χ0n) is 12.0. The third-order valence-electron chi connectivity index (χ3n) is 4.13. The Kier molecular flexibility index (Phi) is 6.12. The van der Waals surface area contributed by atoms with E-state index in [4.69, 9.17) is 5.11 Å². The summed E-state index contributed by atoms with van der Waals surface area (Å²) in [5.74, 6) is -0.288. The van der Waals surface area contributed by atoms with Gasteiger partial charge in [-0.25, -0.2) is 9.59 Å². The first-order chi connectivity index (χ1) is 8.98. The van der Waals surface area contributed by atoms with Crippen molar-refractivity contribution in [3.8, 4) is 0 Å². The molecule has 0 bridgehead atoms. The molecule has 19 heavy (non-hydrogen) atoms. The zero-order valence-corrected chi connectivity index (χ0v) is 12.0. The molecule has 1 saturated carbocycles. The van der Waals surface area contributed by atoms with Crippen molar-refractivity contribution in [1.29, 1.82) is 0 Å². The minimum Gasteiger partial charge on any atom is -0.480 e. The molecule has 0 saturated heterocycles. The summed E-state index contributed by atoms with van der Waals surface area (Å²) >= 11 is 0. The Bertz CT molecular complexity index is 314. The van der Waals surface area contributed by atoms with E-state index in [0.29, 0.717) is 18.9 Å². The molecule has 1 atom stereocenters. The summed E-state index contributed by atoms with van der Waals surface area (Å²) in [4.78, 5) is 22.7. The van der Waals surface area contributed by atoms with E-state index < -0.39 is 11.5 Å². The third-order valence-corrected chi connectivity index (χ3v) is 4.13. The lowest BCUT2D eigenvalue weighted by molar-refractivity contribution is -0.143. The lowest BCUT2D eigenvalue weighted by atomic mass is 9.87. The number of carboxylic acids is 1. The van der Waals surface area contributed by atoms with Crippen molar-refractivity contribution < 1.29 is 14.7 Å². The number of urea groups is 1. The number of carbonyl (C=O) groups is 2. The van der Waals surface area contributed by atoms with Crippen LogP contribution in [0, 0.1) is 5.92 Å². The number of hydrogen-bond acceptors (Lipinski definition) is 2. The standard InChI is InChI=1S/C14H26N2O3/c1-3-14(2,12(17)18)16-13(19)15-10-9-11-7-5-4-6-8-11/h11H,3-10H2,1-2H3,(H,17,18)(H2,15,16,19). The number of nitrogens with one attached hydrogen (secondary N) is 2. The lowest BCUT2D eigenvalue weighted by Gasteiger charge is -2.25. The molecular formula is C14H26N2O3. The number of carboxylic acid groups (broad SMARTS) is 1. The SMILES string of the molecule is CCC(C)(NC(=O)NCCC1CCCCC1)C(=O)O. The summed E-state index contributed by atoms with van der Waals surface area (Å²) in [7, 11) is 0. The molecule has 110 valence electrons. The van der Waals surface area contributed by atoms with Gasteiger partial charge in [0.05, 0.1) is 0 Å². The Morgan fingerprint density at radius 3 is 2.42 bits per heavy atom. The average Bonchev–Trinajstić information content (AvgIpc) is 2.39. The second kappa shape index (κ2) is 7.36. The first-order valence-electron chi connectivity index (χ1n) is 7.27. The quantitative estimate of drug-likeness (QED) is 0.694. The summed E-state index contributed by atoms with van der Waals surface area (Å²) in [5.41, 5.74) is -1.19. The Morgan fingerprint density at radius 2 is 1.89 bits per heavy atom. The minimum absolute atomic E-state index is 0.360. The van der Waals surface area contributed by atoms with Gasteiger partial charge in [0.25, 0.3) is 0 Å². The first-order valence-corrected chi connectivity index (χ1v) is 7.27. The molecule has 0 aromatic carbocycles. The fraction of sp³-hybridized carbons (Fsp3) is 0.857. The zero-order chi connectivity index (χ0) is 14.3. The predicted octanol–water partition coefficient (Wildman–Crippen LogP) is 2.51. The van der Waals surface area contributed by atoms with Crippen LogP contribution in [-0.4, -0.2) is 29.2 Å². The Hall–Kier alpha value is -1.26. The molecule has 5 nitrogen and oxygen atoms in total. The summed E-state index contributed by atoms with van der Waals surface area (Å²) in [6.45, 7) is 3.89. The fourth-order valence-electron chi connectivity index (χ4n) is 2.45. The van der Waals surface area contributed by atoms with Gasteiger partial charge in [-0.05, 0) is 25.7 Å². The molecule has 0 aromatic heterocycles. The molecule has 1 unspecified atom stereocenters. The van der Waals surface area contributed by atoms with Crippen LogP contribution in [0.15, 0.2) is 0 Å². The molecule has 3 N–H and O–H groups in total. The van der Waals surface area contributed by atoms with Gasteiger partial charge >= 0.3 is 12.0 Å². The molecule has 1 rings (SSSR count). The number of rotatable bonds is 6. The van der Waals surface area contributed by atoms with Gasteiger partial charge < -0.3 is 15.7 Å². The van der Waals surface area contributed by atoms with E-state index in [1.807, 2.05) is 0 Å². The Labute approximate surface area is 115 Å². The van der Waals surface area contributed by atoms with Crippen LogP contribution < -0.4 is 10.6 Å². The Balaban J connectivity index is 2.25. The van der Waals surface area contributed by atoms with E-state index in [1.54, 1.807) is 6.92 Å². The van der Waals surface area contributed by atoms with Crippen molar-refractivity contribution in [3.05, 3.63) is 0 Å². The molecule has 0 aromatic rings. The van der Waals surface area contributed by atoms with E-state index in [9.17, 15) is 9.59 Å². The maximum Gasteiger partial charge on any atom is 0.329 e. The second-order valence-electron chi connectivity index (χ2n) is 5.66. The van der Waals surface area contributed by atoms with Crippen LogP contribution in [0.2, 0.25) is 0 Å². The van der Waals surface area contributed by atoms with Crippen LogP contribution in [-0.2, 0) is 4.79 Å². The summed E-state index contributed by atoms with van der Waals surface area (Å²) < 4.78 is 0. The number of amides is 2. The molecule has 0 aliphatic heterocycles. The predicted molar refractivity (Wildman–Crippen MR) is 74.1 cm³/mol. The van der Waals surface area contributed by atoms with Crippen molar-refractivity contribution in [2.45, 2.75) is 64.3 Å². The van der Waals surface area contributed by atoms with Gasteiger partial charge in [-0.1, -0.05) is 39.0 Å². The van der Waals surface area contributed by atoms with E-state index in [2.05, 4.69) is 10.6 Å². The highest BCUT2D eigenvalue weighted by Gasteiger charge is 2.32. The lowest BCUT2D eigenvalue weighted by Crippen LogP contribution is -2.55. The summed E-state index contributed by atoms with van der Waals surface area (Å²) in [6.07, 6.45) is 7.78. The Morgan fingerprint density at radius 1 is 1.26 bits per heavy atom. The van der Waals surface area contributed by atoms with Crippen LogP contribution in [0.4, 0.5) is 4.79 Å². The molecule has 0 heterocycles. The van der Waals surface area contributed by atoms with E-state index in [1.165, 1.54) is 39.0 Å². The normalized spacial score (nSPS) is 19.5. The van der Waals surface area contributed by atoms with Crippen LogP contribution in [0.5, 0.6) is 0 Å². The monoisotopic (exact) mass is 270 g/mol. The number of hydrogen-bond donors (Lipinski definition) is 3. The van der Waals surface area contributed by atoms with Gasteiger partial charge in [-0.2, -0.15) is 0 Å². The van der Waals surface area contributed by atoms with Crippen LogP contribution in [0.1, 0.15) is 58.8 Å². The van der Waals surface area contributed by atoms with Crippen LogP contribution in [0.3, 0.4) is 0 Å². The fourth-order valence-corrected chi connectivity index (χ4v) is 2.45. The van der Waals surface area contributed by atoms with Crippen molar-refractivity contribution in [2.75, 3.05) is 6.54 Å². The molecule has 1 aliphatic rings. The van der Waals surface area contributed by atoms with Gasteiger partial charge in [0.15, 0.2) is 0 Å². The van der Waals surface area contributed by atoms with Crippen LogP contribution >= 0.6 is 0 Å². The van der Waals surface area contributed by atoms with Gasteiger partial charge in [0, 0.05) is 6.54 Å². The maximum absolute atomic E-state index is 11.7. The summed E-state index contributed by atoms with van der Waals surface area (Å²) in [5, 5.41) is 14.4. The van der Waals surface area contributed by atoms with Gasteiger partial charge in [-0.3, -0.25) is 0 Å². The highest BCUT2D eigenvalue weighted by molar-refractivity contribution is 5.85. The molecule has 5 heteroatoms. The first kappa shape index (κ1) is 15.8. The largest absolute Gasteiger partial charge is 0.480 e. The number of aliphatic carboxylic acids is 1. The van der Waals surface area contributed by atoms with Gasteiger partial charge in [0.2, 0.25) is 0 Å². The second-order valence-corrected chi connectivity index (χ2v) is 5.66. The van der Waals surface area contributed by atoms with Gasteiger partial charge in [0.1, 0.15) is 5.54 Å². The third kappa shape index (κ3) is 5.09. The minimum atomic E-state index is -1.19. The molecule has 1 fully saturated rings. The molecule has 0 radical (unpaired) electrons. The van der Waals surface area contributed by atoms with E-state index in [0.717, 1.165) is 6.42 Å². The number of carbonyl (C=O) groups excluding carboxylic acids is 1. The van der Waals surface area contributed by atoms with E-state index in [-0.39, 0.29) is 6.03 Å². The van der Waals surface area contributed by atoms with E-state index >= 15 is 0 Å². The molecule has 0 spiro atoms. The highest BCUT2D eigenvalue weighted by atomic mass is 16.4. The maximum atomic E-state index is 11.7. The van der Waals surface area contributed by atoms with Crippen LogP contribution in [0.25, 0.3) is 0 Å². The topological polar surface area (TPSA) is 78.4 Å². The van der Waals surface area contributed by atoms with Crippen molar-refractivity contribution in [3.63, 3.8) is 0 Å². The summed E-state index contributed by atoms with van der Waals surface area (Å²) in [6, 6.07) is -0.387. The molecular weight excluding hydrogens is 244 g/mol. The smallest absolute Gasteiger partial charge is 0.329 e. The van der Waals surface area contributed by atoms with Crippen molar-refractivity contribution in [2.24, 2.45) is 5.92 Å². The molecule has 1 aliphatic carbocycles.